The molecule has 0 radical (unpaired) electrons. The lowest BCUT2D eigenvalue weighted by Crippen LogP contribution is -2.32. The summed E-state index contributed by atoms with van der Waals surface area (Å²) in [5.41, 5.74) is 2.08. The SMILES string of the molecule is CC[C@@H](C)NC(=O)c1ccccc1NC(=O)CSCc1cccc(Cl)c1. The minimum Gasteiger partial charge on any atom is -0.350 e. The van der Waals surface area contributed by atoms with E-state index in [4.69, 9.17) is 11.6 Å². The molecule has 0 aliphatic carbocycles. The Bertz CT molecular complexity index is 767. The van der Waals surface area contributed by atoms with Gasteiger partial charge in [0.15, 0.2) is 0 Å². The number of amides is 2. The summed E-state index contributed by atoms with van der Waals surface area (Å²) in [6, 6.07) is 14.7. The van der Waals surface area contributed by atoms with Gasteiger partial charge in [0.1, 0.15) is 0 Å². The molecule has 2 N–H and O–H groups in total. The van der Waals surface area contributed by atoms with E-state index in [1.54, 1.807) is 24.3 Å². The third kappa shape index (κ3) is 6.39. The van der Waals surface area contributed by atoms with Crippen LogP contribution >= 0.6 is 23.4 Å². The molecule has 2 rings (SSSR count). The van der Waals surface area contributed by atoms with E-state index in [0.29, 0.717) is 27.8 Å². The molecule has 0 aromatic heterocycles. The van der Waals surface area contributed by atoms with E-state index in [2.05, 4.69) is 10.6 Å². The molecule has 0 spiro atoms. The van der Waals surface area contributed by atoms with Gasteiger partial charge in [-0.3, -0.25) is 9.59 Å². The number of para-hydroxylation sites is 1. The fraction of sp³-hybridized carbons (Fsp3) is 0.300. The molecule has 0 unspecified atom stereocenters. The fourth-order valence-corrected chi connectivity index (χ4v) is 3.26. The van der Waals surface area contributed by atoms with Gasteiger partial charge in [0.2, 0.25) is 5.91 Å². The maximum absolute atomic E-state index is 12.4. The van der Waals surface area contributed by atoms with Crippen molar-refractivity contribution in [3.63, 3.8) is 0 Å². The van der Waals surface area contributed by atoms with Crippen LogP contribution in [0.2, 0.25) is 5.02 Å². The molecule has 0 aliphatic rings. The van der Waals surface area contributed by atoms with E-state index < -0.39 is 0 Å². The Morgan fingerprint density at radius 3 is 2.65 bits per heavy atom. The van der Waals surface area contributed by atoms with Crippen LogP contribution in [0.4, 0.5) is 5.69 Å². The van der Waals surface area contributed by atoms with E-state index in [1.165, 1.54) is 11.8 Å². The highest BCUT2D eigenvalue weighted by molar-refractivity contribution is 7.99. The number of hydrogen-bond acceptors (Lipinski definition) is 3. The third-order valence-corrected chi connectivity index (χ3v) is 5.07. The molecule has 2 aromatic rings. The lowest BCUT2D eigenvalue weighted by atomic mass is 10.1. The van der Waals surface area contributed by atoms with Crippen LogP contribution in [-0.2, 0) is 10.5 Å². The summed E-state index contributed by atoms with van der Waals surface area (Å²) < 4.78 is 0. The number of nitrogens with one attached hydrogen (secondary N) is 2. The van der Waals surface area contributed by atoms with Gasteiger partial charge in [0.05, 0.1) is 17.0 Å². The molecule has 0 fully saturated rings. The predicted molar refractivity (Wildman–Crippen MR) is 110 cm³/mol. The fourth-order valence-electron chi connectivity index (χ4n) is 2.27. The number of hydrogen-bond donors (Lipinski definition) is 2. The van der Waals surface area contributed by atoms with Crippen molar-refractivity contribution in [3.8, 4) is 0 Å². The Kier molecular flexibility index (Phi) is 8.01. The number of halogens is 1. The molecule has 0 saturated carbocycles. The smallest absolute Gasteiger partial charge is 0.253 e. The zero-order valence-corrected chi connectivity index (χ0v) is 16.5. The second kappa shape index (κ2) is 10.2. The van der Waals surface area contributed by atoms with Crippen molar-refractivity contribution in [1.82, 2.24) is 5.32 Å². The minimum absolute atomic E-state index is 0.0829. The number of thioether (sulfide) groups is 1. The Hall–Kier alpha value is -1.98. The van der Waals surface area contributed by atoms with Gasteiger partial charge in [0, 0.05) is 16.8 Å². The molecule has 2 amide bonds. The van der Waals surface area contributed by atoms with E-state index in [0.717, 1.165) is 12.0 Å². The van der Waals surface area contributed by atoms with Crippen molar-refractivity contribution in [3.05, 3.63) is 64.7 Å². The molecule has 0 aliphatic heterocycles. The summed E-state index contributed by atoms with van der Waals surface area (Å²) in [4.78, 5) is 24.6. The highest BCUT2D eigenvalue weighted by atomic mass is 35.5. The molecule has 1 atom stereocenters. The standard InChI is InChI=1S/C20H23ClN2O2S/c1-3-14(2)22-20(25)17-9-4-5-10-18(17)23-19(24)13-26-12-15-7-6-8-16(21)11-15/h4-11,14H,3,12-13H2,1-2H3,(H,22,25)(H,23,24)/t14-/m1/s1. The monoisotopic (exact) mass is 390 g/mol. The van der Waals surface area contributed by atoms with Crippen LogP contribution in [0.3, 0.4) is 0 Å². The second-order valence-corrected chi connectivity index (χ2v) is 7.42. The van der Waals surface area contributed by atoms with Crippen LogP contribution < -0.4 is 10.6 Å². The average Bonchev–Trinajstić information content (AvgIpc) is 2.62. The number of benzene rings is 2. The van der Waals surface area contributed by atoms with Gasteiger partial charge in [-0.2, -0.15) is 0 Å². The van der Waals surface area contributed by atoms with Gasteiger partial charge >= 0.3 is 0 Å². The van der Waals surface area contributed by atoms with Crippen molar-refractivity contribution < 1.29 is 9.59 Å². The molecule has 0 heterocycles. The van der Waals surface area contributed by atoms with Crippen molar-refractivity contribution in [1.29, 1.82) is 0 Å². The average molecular weight is 391 g/mol. The minimum atomic E-state index is -0.179. The van der Waals surface area contributed by atoms with Crippen molar-refractivity contribution in [2.75, 3.05) is 11.1 Å². The van der Waals surface area contributed by atoms with Gasteiger partial charge in [0.25, 0.3) is 5.91 Å². The van der Waals surface area contributed by atoms with E-state index >= 15 is 0 Å². The second-order valence-electron chi connectivity index (χ2n) is 6.00. The maximum Gasteiger partial charge on any atom is 0.253 e. The predicted octanol–water partition coefficient (Wildman–Crippen LogP) is 4.74. The van der Waals surface area contributed by atoms with Gasteiger partial charge in [-0.25, -0.2) is 0 Å². The molecule has 4 nitrogen and oxygen atoms in total. The first-order valence-corrected chi connectivity index (χ1v) is 10.0. The number of carbonyl (C=O) groups excluding carboxylic acids is 2. The first kappa shape index (κ1) is 20.3. The summed E-state index contributed by atoms with van der Waals surface area (Å²) in [6.07, 6.45) is 0.848. The topological polar surface area (TPSA) is 58.2 Å². The molecule has 0 saturated heterocycles. The Balaban J connectivity index is 1.91. The number of rotatable bonds is 8. The number of anilines is 1. The molecular weight excluding hydrogens is 368 g/mol. The normalized spacial score (nSPS) is 11.7. The van der Waals surface area contributed by atoms with Crippen LogP contribution in [0.1, 0.15) is 36.2 Å². The zero-order valence-electron chi connectivity index (χ0n) is 14.9. The van der Waals surface area contributed by atoms with Gasteiger partial charge in [-0.1, -0.05) is 42.8 Å². The van der Waals surface area contributed by atoms with Crippen LogP contribution in [0.15, 0.2) is 48.5 Å². The third-order valence-electron chi connectivity index (χ3n) is 3.83. The number of carbonyl (C=O) groups is 2. The molecule has 138 valence electrons. The van der Waals surface area contributed by atoms with E-state index in [9.17, 15) is 9.59 Å². The largest absolute Gasteiger partial charge is 0.350 e. The quantitative estimate of drug-likeness (QED) is 0.684. The van der Waals surface area contributed by atoms with Crippen LogP contribution in [0, 0.1) is 0 Å². The summed E-state index contributed by atoms with van der Waals surface area (Å²) in [7, 11) is 0. The Labute approximate surface area is 163 Å². The Morgan fingerprint density at radius 2 is 1.92 bits per heavy atom. The van der Waals surface area contributed by atoms with Crippen molar-refractivity contribution >= 4 is 40.9 Å². The highest BCUT2D eigenvalue weighted by Crippen LogP contribution is 2.18. The lowest BCUT2D eigenvalue weighted by molar-refractivity contribution is -0.113. The van der Waals surface area contributed by atoms with Gasteiger partial charge in [-0.05, 0) is 43.2 Å². The van der Waals surface area contributed by atoms with Crippen LogP contribution in [0.5, 0.6) is 0 Å². The molecule has 2 aromatic carbocycles. The van der Waals surface area contributed by atoms with Gasteiger partial charge in [-0.15, -0.1) is 11.8 Å². The van der Waals surface area contributed by atoms with E-state index in [-0.39, 0.29) is 17.9 Å². The Morgan fingerprint density at radius 1 is 1.15 bits per heavy atom. The molecule has 0 bridgehead atoms. The molecule has 26 heavy (non-hydrogen) atoms. The summed E-state index contributed by atoms with van der Waals surface area (Å²) in [6.45, 7) is 3.96. The summed E-state index contributed by atoms with van der Waals surface area (Å²) >= 11 is 7.46. The van der Waals surface area contributed by atoms with Crippen LogP contribution in [0.25, 0.3) is 0 Å². The lowest BCUT2D eigenvalue weighted by Gasteiger charge is -2.14. The summed E-state index contributed by atoms with van der Waals surface area (Å²) in [5, 5.41) is 6.44. The van der Waals surface area contributed by atoms with E-state index in [1.807, 2.05) is 38.1 Å². The van der Waals surface area contributed by atoms with Crippen LogP contribution in [-0.4, -0.2) is 23.6 Å². The highest BCUT2D eigenvalue weighted by Gasteiger charge is 2.14. The maximum atomic E-state index is 12.4. The van der Waals surface area contributed by atoms with Gasteiger partial charge < -0.3 is 10.6 Å². The first-order chi connectivity index (χ1) is 12.5. The summed E-state index contributed by atoms with van der Waals surface area (Å²) in [5.74, 6) is 0.681. The first-order valence-electron chi connectivity index (χ1n) is 8.51. The zero-order chi connectivity index (χ0) is 18.9. The van der Waals surface area contributed by atoms with Crippen molar-refractivity contribution in [2.45, 2.75) is 32.1 Å². The molecule has 6 heteroatoms. The molecular formula is C20H23ClN2O2S. The van der Waals surface area contributed by atoms with Crippen molar-refractivity contribution in [2.24, 2.45) is 0 Å².